The number of rotatable bonds is 6. The lowest BCUT2D eigenvalue weighted by molar-refractivity contribution is -0.0323. The van der Waals surface area contributed by atoms with E-state index in [4.69, 9.17) is 9.47 Å². The quantitative estimate of drug-likeness (QED) is 0.703. The van der Waals surface area contributed by atoms with Gasteiger partial charge in [0, 0.05) is 19.6 Å². The Morgan fingerprint density at radius 1 is 1.40 bits per heavy atom. The third kappa shape index (κ3) is 5.47. The highest BCUT2D eigenvalue weighted by molar-refractivity contribution is 4.67. The Bertz CT molecular complexity index is 160. The van der Waals surface area contributed by atoms with Gasteiger partial charge >= 0.3 is 0 Å². The first kappa shape index (κ1) is 12.9. The van der Waals surface area contributed by atoms with Crippen molar-refractivity contribution < 1.29 is 14.6 Å². The van der Waals surface area contributed by atoms with Gasteiger partial charge in [0.2, 0.25) is 0 Å². The van der Waals surface area contributed by atoms with Gasteiger partial charge < -0.3 is 14.6 Å². The van der Waals surface area contributed by atoms with E-state index in [0.717, 1.165) is 32.7 Å². The smallest absolute Gasteiger partial charge is 0.0900 e. The molecule has 1 aliphatic heterocycles. The molecular formula is C11H23NO3. The zero-order valence-electron chi connectivity index (χ0n) is 9.82. The van der Waals surface area contributed by atoms with E-state index in [1.54, 1.807) is 0 Å². The van der Waals surface area contributed by atoms with Crippen molar-refractivity contribution in [3.05, 3.63) is 0 Å². The highest BCUT2D eigenvalue weighted by atomic mass is 16.5. The Morgan fingerprint density at radius 2 is 2.07 bits per heavy atom. The summed E-state index contributed by atoms with van der Waals surface area (Å²) in [4.78, 5) is 2.22. The zero-order valence-corrected chi connectivity index (χ0v) is 9.82. The van der Waals surface area contributed by atoms with E-state index in [1.807, 2.05) is 6.92 Å². The van der Waals surface area contributed by atoms with Gasteiger partial charge in [-0.25, -0.2) is 0 Å². The molecule has 0 aromatic rings. The van der Waals surface area contributed by atoms with Crippen molar-refractivity contribution >= 4 is 0 Å². The number of aliphatic hydroxyl groups is 1. The van der Waals surface area contributed by atoms with E-state index in [2.05, 4.69) is 11.8 Å². The van der Waals surface area contributed by atoms with Crippen LogP contribution >= 0.6 is 0 Å². The molecule has 1 aliphatic rings. The van der Waals surface area contributed by atoms with E-state index in [1.165, 1.54) is 0 Å². The summed E-state index contributed by atoms with van der Waals surface area (Å²) in [5, 5.41) is 9.74. The second-order valence-corrected chi connectivity index (χ2v) is 4.12. The fourth-order valence-corrected chi connectivity index (χ4v) is 1.53. The molecule has 4 heteroatoms. The molecule has 2 unspecified atom stereocenters. The lowest BCUT2D eigenvalue weighted by Crippen LogP contribution is -2.42. The van der Waals surface area contributed by atoms with E-state index in [9.17, 15) is 5.11 Å². The van der Waals surface area contributed by atoms with Crippen molar-refractivity contribution in [2.45, 2.75) is 32.5 Å². The Balaban J connectivity index is 2.08. The first-order chi connectivity index (χ1) is 7.22. The molecular weight excluding hydrogens is 194 g/mol. The average molecular weight is 217 g/mol. The SMILES string of the molecule is CCC(C)OCC(O)CN1CCOCC1. The summed E-state index contributed by atoms with van der Waals surface area (Å²) in [6.45, 7) is 8.63. The molecule has 2 atom stereocenters. The summed E-state index contributed by atoms with van der Waals surface area (Å²) in [6, 6.07) is 0. The van der Waals surface area contributed by atoms with Crippen LogP contribution in [-0.2, 0) is 9.47 Å². The number of hydrogen-bond donors (Lipinski definition) is 1. The van der Waals surface area contributed by atoms with Crippen LogP contribution in [-0.4, -0.2) is 61.7 Å². The van der Waals surface area contributed by atoms with Crippen LogP contribution in [0.3, 0.4) is 0 Å². The number of hydrogen-bond acceptors (Lipinski definition) is 4. The zero-order chi connectivity index (χ0) is 11.1. The first-order valence-corrected chi connectivity index (χ1v) is 5.82. The molecule has 0 radical (unpaired) electrons. The molecule has 1 N–H and O–H groups in total. The molecule has 0 bridgehead atoms. The van der Waals surface area contributed by atoms with Crippen LogP contribution in [0.5, 0.6) is 0 Å². The maximum absolute atomic E-state index is 9.74. The predicted octanol–water partition coefficient (Wildman–Crippen LogP) is 0.495. The molecule has 15 heavy (non-hydrogen) atoms. The van der Waals surface area contributed by atoms with Crippen molar-refractivity contribution in [1.82, 2.24) is 4.90 Å². The van der Waals surface area contributed by atoms with E-state index in [0.29, 0.717) is 13.2 Å². The molecule has 1 heterocycles. The third-order valence-electron chi connectivity index (χ3n) is 2.72. The first-order valence-electron chi connectivity index (χ1n) is 5.82. The largest absolute Gasteiger partial charge is 0.389 e. The minimum Gasteiger partial charge on any atom is -0.389 e. The fourth-order valence-electron chi connectivity index (χ4n) is 1.53. The van der Waals surface area contributed by atoms with Crippen LogP contribution in [0.15, 0.2) is 0 Å². The lowest BCUT2D eigenvalue weighted by Gasteiger charge is -2.28. The number of aliphatic hydroxyl groups excluding tert-OH is 1. The minimum atomic E-state index is -0.378. The van der Waals surface area contributed by atoms with Crippen LogP contribution in [0, 0.1) is 0 Å². The summed E-state index contributed by atoms with van der Waals surface area (Å²) < 4.78 is 10.7. The Morgan fingerprint density at radius 3 is 2.67 bits per heavy atom. The molecule has 1 rings (SSSR count). The van der Waals surface area contributed by atoms with Crippen molar-refractivity contribution in [1.29, 1.82) is 0 Å². The Kier molecular flexibility index (Phi) is 6.17. The van der Waals surface area contributed by atoms with Gasteiger partial charge in [-0.2, -0.15) is 0 Å². The lowest BCUT2D eigenvalue weighted by atomic mass is 10.3. The Hall–Kier alpha value is -0.160. The van der Waals surface area contributed by atoms with Gasteiger partial charge in [-0.15, -0.1) is 0 Å². The summed E-state index contributed by atoms with van der Waals surface area (Å²) in [5.41, 5.74) is 0. The molecule has 0 aliphatic carbocycles. The number of morpholine rings is 1. The van der Waals surface area contributed by atoms with Crippen LogP contribution in [0.25, 0.3) is 0 Å². The van der Waals surface area contributed by atoms with Crippen molar-refractivity contribution in [2.75, 3.05) is 39.5 Å². The standard InChI is InChI=1S/C11H23NO3/c1-3-10(2)15-9-11(13)8-12-4-6-14-7-5-12/h10-11,13H,3-9H2,1-2H3. The van der Waals surface area contributed by atoms with Crippen LogP contribution in [0.4, 0.5) is 0 Å². The summed E-state index contributed by atoms with van der Waals surface area (Å²) in [7, 11) is 0. The second kappa shape index (κ2) is 7.17. The maximum Gasteiger partial charge on any atom is 0.0900 e. The van der Waals surface area contributed by atoms with Crippen LogP contribution in [0.1, 0.15) is 20.3 Å². The van der Waals surface area contributed by atoms with Gasteiger partial charge in [0.25, 0.3) is 0 Å². The fraction of sp³-hybridized carbons (Fsp3) is 1.00. The molecule has 0 amide bonds. The molecule has 1 fully saturated rings. The molecule has 0 spiro atoms. The van der Waals surface area contributed by atoms with Gasteiger partial charge in [0.05, 0.1) is 32.0 Å². The summed E-state index contributed by atoms with van der Waals surface area (Å²) >= 11 is 0. The minimum absolute atomic E-state index is 0.240. The maximum atomic E-state index is 9.74. The van der Waals surface area contributed by atoms with Crippen LogP contribution < -0.4 is 0 Å². The van der Waals surface area contributed by atoms with Crippen molar-refractivity contribution in [2.24, 2.45) is 0 Å². The highest BCUT2D eigenvalue weighted by Gasteiger charge is 2.15. The van der Waals surface area contributed by atoms with Gasteiger partial charge in [0.15, 0.2) is 0 Å². The topological polar surface area (TPSA) is 41.9 Å². The normalized spacial score (nSPS) is 22.6. The van der Waals surface area contributed by atoms with Gasteiger partial charge in [-0.05, 0) is 13.3 Å². The number of nitrogens with zero attached hydrogens (tertiary/aromatic N) is 1. The molecule has 4 nitrogen and oxygen atoms in total. The van der Waals surface area contributed by atoms with E-state index < -0.39 is 0 Å². The van der Waals surface area contributed by atoms with Crippen molar-refractivity contribution in [3.63, 3.8) is 0 Å². The summed E-state index contributed by atoms with van der Waals surface area (Å²) in [6.07, 6.45) is 0.853. The van der Waals surface area contributed by atoms with E-state index >= 15 is 0 Å². The Labute approximate surface area is 92.2 Å². The van der Waals surface area contributed by atoms with E-state index in [-0.39, 0.29) is 12.2 Å². The molecule has 0 aromatic carbocycles. The van der Waals surface area contributed by atoms with Gasteiger partial charge in [-0.3, -0.25) is 4.90 Å². The molecule has 1 saturated heterocycles. The second-order valence-electron chi connectivity index (χ2n) is 4.12. The molecule has 0 saturated carbocycles. The number of ether oxygens (including phenoxy) is 2. The molecule has 90 valence electrons. The number of β-amino-alcohol motifs (C(OH)–C–C–N with tert-alkyl or cyclic N) is 1. The van der Waals surface area contributed by atoms with Crippen molar-refractivity contribution in [3.8, 4) is 0 Å². The van der Waals surface area contributed by atoms with Gasteiger partial charge in [0.1, 0.15) is 0 Å². The average Bonchev–Trinajstić information content (AvgIpc) is 2.27. The summed E-state index contributed by atoms with van der Waals surface area (Å²) in [5.74, 6) is 0. The van der Waals surface area contributed by atoms with Gasteiger partial charge in [-0.1, -0.05) is 6.92 Å². The van der Waals surface area contributed by atoms with Crippen LogP contribution in [0.2, 0.25) is 0 Å². The highest BCUT2D eigenvalue weighted by Crippen LogP contribution is 2.01. The molecule has 0 aromatic heterocycles. The predicted molar refractivity (Wildman–Crippen MR) is 59.0 cm³/mol. The monoisotopic (exact) mass is 217 g/mol. The third-order valence-corrected chi connectivity index (χ3v) is 2.72.